The predicted octanol–water partition coefficient (Wildman–Crippen LogP) is 2.49. The van der Waals surface area contributed by atoms with Gasteiger partial charge in [-0.15, -0.1) is 6.58 Å². The fourth-order valence-electron chi connectivity index (χ4n) is 1.01. The molecule has 0 aliphatic rings. The van der Waals surface area contributed by atoms with Gasteiger partial charge in [-0.3, -0.25) is 0 Å². The van der Waals surface area contributed by atoms with Gasteiger partial charge >= 0.3 is 0 Å². The van der Waals surface area contributed by atoms with E-state index in [4.69, 9.17) is 5.11 Å². The quantitative estimate of drug-likeness (QED) is 0.695. The van der Waals surface area contributed by atoms with Gasteiger partial charge in [-0.1, -0.05) is 48.6 Å². The highest BCUT2D eigenvalue weighted by atomic mass is 16.3. The second-order valence-electron chi connectivity index (χ2n) is 2.85. The zero-order chi connectivity index (χ0) is 9.52. The Balaban J connectivity index is 2.62. The molecule has 1 N–H and O–H groups in total. The molecule has 0 radical (unpaired) electrons. The first kappa shape index (κ1) is 9.75. The summed E-state index contributed by atoms with van der Waals surface area (Å²) in [5.74, 6) is 0.0557. The first-order valence-corrected chi connectivity index (χ1v) is 4.33. The van der Waals surface area contributed by atoms with Crippen LogP contribution in [0.4, 0.5) is 0 Å². The Bertz CT molecular complexity index is 274. The molecule has 1 unspecified atom stereocenters. The van der Waals surface area contributed by atoms with Crippen molar-refractivity contribution in [3.63, 3.8) is 0 Å². The third-order valence-electron chi connectivity index (χ3n) is 1.85. The van der Waals surface area contributed by atoms with Crippen LogP contribution in [0.1, 0.15) is 5.56 Å². The topological polar surface area (TPSA) is 20.2 Å². The summed E-state index contributed by atoms with van der Waals surface area (Å²) in [6.07, 6.45) is 5.67. The van der Waals surface area contributed by atoms with Crippen molar-refractivity contribution in [3.8, 4) is 0 Å². The largest absolute Gasteiger partial charge is 0.395 e. The number of benzene rings is 1. The Morgan fingerprint density at radius 2 is 2.00 bits per heavy atom. The van der Waals surface area contributed by atoms with Crippen LogP contribution in [0, 0.1) is 5.92 Å². The van der Waals surface area contributed by atoms with E-state index in [1.807, 2.05) is 42.5 Å². The summed E-state index contributed by atoms with van der Waals surface area (Å²) in [6, 6.07) is 10.00. The van der Waals surface area contributed by atoms with Gasteiger partial charge in [-0.05, 0) is 5.56 Å². The minimum absolute atomic E-state index is 0.0557. The average molecular weight is 174 g/mol. The van der Waals surface area contributed by atoms with Crippen molar-refractivity contribution < 1.29 is 5.11 Å². The normalized spacial score (nSPS) is 13.0. The highest BCUT2D eigenvalue weighted by molar-refractivity contribution is 5.49. The van der Waals surface area contributed by atoms with Gasteiger partial charge in [0, 0.05) is 5.92 Å². The molecule has 0 heterocycles. The van der Waals surface area contributed by atoms with Crippen LogP contribution in [0.3, 0.4) is 0 Å². The van der Waals surface area contributed by atoms with E-state index in [2.05, 4.69) is 6.58 Å². The van der Waals surface area contributed by atoms with Crippen molar-refractivity contribution in [2.75, 3.05) is 6.61 Å². The van der Waals surface area contributed by atoms with Crippen LogP contribution >= 0.6 is 0 Å². The molecule has 0 amide bonds. The van der Waals surface area contributed by atoms with Gasteiger partial charge in [0.1, 0.15) is 0 Å². The van der Waals surface area contributed by atoms with E-state index in [1.54, 1.807) is 6.08 Å². The number of rotatable bonds is 4. The van der Waals surface area contributed by atoms with E-state index in [1.165, 1.54) is 0 Å². The van der Waals surface area contributed by atoms with Crippen molar-refractivity contribution in [2.45, 2.75) is 0 Å². The summed E-state index contributed by atoms with van der Waals surface area (Å²) >= 11 is 0. The maximum absolute atomic E-state index is 8.88. The molecule has 0 fully saturated rings. The van der Waals surface area contributed by atoms with Gasteiger partial charge in [0.05, 0.1) is 6.61 Å². The first-order valence-electron chi connectivity index (χ1n) is 4.33. The minimum Gasteiger partial charge on any atom is -0.395 e. The van der Waals surface area contributed by atoms with Crippen molar-refractivity contribution in [3.05, 3.63) is 54.6 Å². The van der Waals surface area contributed by atoms with Crippen LogP contribution in [0.15, 0.2) is 49.1 Å². The molecular weight excluding hydrogens is 160 g/mol. The molecule has 1 heteroatoms. The number of aliphatic hydroxyl groups is 1. The van der Waals surface area contributed by atoms with E-state index >= 15 is 0 Å². The van der Waals surface area contributed by atoms with Crippen molar-refractivity contribution in [1.29, 1.82) is 0 Å². The molecule has 0 aromatic heterocycles. The maximum atomic E-state index is 8.88. The summed E-state index contributed by atoms with van der Waals surface area (Å²) in [5.41, 5.74) is 1.14. The Hall–Kier alpha value is -1.34. The van der Waals surface area contributed by atoms with Crippen LogP contribution in [-0.4, -0.2) is 11.7 Å². The molecule has 0 spiro atoms. The Morgan fingerprint density at radius 3 is 2.54 bits per heavy atom. The lowest BCUT2D eigenvalue weighted by Gasteiger charge is -2.00. The van der Waals surface area contributed by atoms with E-state index in [9.17, 15) is 0 Å². The molecule has 1 rings (SSSR count). The van der Waals surface area contributed by atoms with Crippen LogP contribution in [0.5, 0.6) is 0 Å². The molecule has 1 aromatic rings. The van der Waals surface area contributed by atoms with Gasteiger partial charge in [0.2, 0.25) is 0 Å². The molecule has 0 saturated heterocycles. The second kappa shape index (κ2) is 5.33. The molecule has 0 bridgehead atoms. The SMILES string of the molecule is C=CC(/C=C/c1ccccc1)CO. The Kier molecular flexibility index (Phi) is 4.00. The zero-order valence-corrected chi connectivity index (χ0v) is 7.56. The highest BCUT2D eigenvalue weighted by Crippen LogP contribution is 2.05. The fourth-order valence-corrected chi connectivity index (χ4v) is 1.01. The monoisotopic (exact) mass is 174 g/mol. The maximum Gasteiger partial charge on any atom is 0.0528 e. The molecule has 13 heavy (non-hydrogen) atoms. The molecule has 0 aliphatic heterocycles. The van der Waals surface area contributed by atoms with Crippen LogP contribution in [-0.2, 0) is 0 Å². The Labute approximate surface area is 79.0 Å². The average Bonchev–Trinajstić information content (AvgIpc) is 2.21. The van der Waals surface area contributed by atoms with Gasteiger partial charge in [-0.2, -0.15) is 0 Å². The minimum atomic E-state index is 0.0557. The van der Waals surface area contributed by atoms with Gasteiger partial charge < -0.3 is 5.11 Å². The van der Waals surface area contributed by atoms with Gasteiger partial charge in [-0.25, -0.2) is 0 Å². The Morgan fingerprint density at radius 1 is 1.31 bits per heavy atom. The summed E-state index contributed by atoms with van der Waals surface area (Å²) in [5, 5.41) is 8.88. The molecule has 1 atom stereocenters. The smallest absolute Gasteiger partial charge is 0.0528 e. The van der Waals surface area contributed by atoms with E-state index in [0.717, 1.165) is 5.56 Å². The predicted molar refractivity (Wildman–Crippen MR) is 56.2 cm³/mol. The lowest BCUT2D eigenvalue weighted by atomic mass is 10.1. The van der Waals surface area contributed by atoms with E-state index < -0.39 is 0 Å². The van der Waals surface area contributed by atoms with E-state index in [-0.39, 0.29) is 12.5 Å². The second-order valence-corrected chi connectivity index (χ2v) is 2.85. The van der Waals surface area contributed by atoms with Crippen molar-refractivity contribution in [1.82, 2.24) is 0 Å². The highest BCUT2D eigenvalue weighted by Gasteiger charge is 1.94. The third kappa shape index (κ3) is 3.26. The summed E-state index contributed by atoms with van der Waals surface area (Å²) in [4.78, 5) is 0. The summed E-state index contributed by atoms with van der Waals surface area (Å²) in [7, 11) is 0. The third-order valence-corrected chi connectivity index (χ3v) is 1.85. The molecule has 1 aromatic carbocycles. The van der Waals surface area contributed by atoms with Crippen LogP contribution in [0.2, 0.25) is 0 Å². The number of hydrogen-bond donors (Lipinski definition) is 1. The first-order chi connectivity index (χ1) is 6.36. The standard InChI is InChI=1S/C12H14O/c1-2-11(10-13)8-9-12-6-4-3-5-7-12/h2-9,11,13H,1,10H2/b9-8+. The van der Waals surface area contributed by atoms with Crippen molar-refractivity contribution in [2.24, 2.45) is 5.92 Å². The van der Waals surface area contributed by atoms with E-state index in [0.29, 0.717) is 0 Å². The molecular formula is C12H14O. The zero-order valence-electron chi connectivity index (χ0n) is 7.56. The number of aliphatic hydroxyl groups excluding tert-OH is 1. The molecule has 68 valence electrons. The summed E-state index contributed by atoms with van der Waals surface area (Å²) < 4.78 is 0. The molecule has 1 nitrogen and oxygen atoms in total. The van der Waals surface area contributed by atoms with Crippen LogP contribution < -0.4 is 0 Å². The summed E-state index contributed by atoms with van der Waals surface area (Å²) in [6.45, 7) is 3.75. The molecule has 0 aliphatic carbocycles. The lowest BCUT2D eigenvalue weighted by Crippen LogP contribution is -1.96. The van der Waals surface area contributed by atoms with Gasteiger partial charge in [0.25, 0.3) is 0 Å². The lowest BCUT2D eigenvalue weighted by molar-refractivity contribution is 0.274. The molecule has 0 saturated carbocycles. The van der Waals surface area contributed by atoms with Gasteiger partial charge in [0.15, 0.2) is 0 Å². The van der Waals surface area contributed by atoms with Crippen LogP contribution in [0.25, 0.3) is 6.08 Å². The fraction of sp³-hybridized carbons (Fsp3) is 0.167. The van der Waals surface area contributed by atoms with Crippen molar-refractivity contribution >= 4 is 6.08 Å². The number of hydrogen-bond acceptors (Lipinski definition) is 1.